The Kier molecular flexibility index (Phi) is 3.95. The number of carbonyl (C=O) groups excluding carboxylic acids is 1. The maximum atomic E-state index is 12.2. The summed E-state index contributed by atoms with van der Waals surface area (Å²) in [4.78, 5) is 12.2. The largest absolute Gasteiger partial charge is 0.507 e. The second kappa shape index (κ2) is 6.56. The molecule has 7 nitrogen and oxygen atoms in total. The molecule has 4 aromatic rings. The summed E-state index contributed by atoms with van der Waals surface area (Å²) in [6.07, 6.45) is 2.95. The van der Waals surface area contributed by atoms with Crippen molar-refractivity contribution in [2.45, 2.75) is 0 Å². The van der Waals surface area contributed by atoms with Crippen LogP contribution in [0, 0.1) is 0 Å². The van der Waals surface area contributed by atoms with Gasteiger partial charge in [0.05, 0.1) is 12.5 Å². The van der Waals surface area contributed by atoms with Crippen molar-refractivity contribution in [2.75, 3.05) is 0 Å². The molecule has 0 saturated carbocycles. The molecule has 2 heterocycles. The van der Waals surface area contributed by atoms with E-state index in [9.17, 15) is 9.90 Å². The lowest BCUT2D eigenvalue weighted by molar-refractivity contribution is 0.0950. The molecule has 3 N–H and O–H groups in total. The average molecular weight is 346 g/mol. The van der Waals surface area contributed by atoms with Gasteiger partial charge in [0.1, 0.15) is 11.4 Å². The number of aromatic nitrogens is 2. The molecule has 0 aliphatic heterocycles. The van der Waals surface area contributed by atoms with E-state index in [0.29, 0.717) is 17.0 Å². The second-order valence-corrected chi connectivity index (χ2v) is 5.56. The molecule has 0 aliphatic rings. The molecule has 0 saturated heterocycles. The van der Waals surface area contributed by atoms with Crippen molar-refractivity contribution in [2.24, 2.45) is 5.10 Å². The molecule has 0 unspecified atom stereocenters. The molecule has 0 radical (unpaired) electrons. The van der Waals surface area contributed by atoms with Gasteiger partial charge in [-0.15, -0.1) is 0 Å². The van der Waals surface area contributed by atoms with Crippen molar-refractivity contribution >= 4 is 22.9 Å². The van der Waals surface area contributed by atoms with Crippen LogP contribution in [0.15, 0.2) is 70.4 Å². The first kappa shape index (κ1) is 15.6. The summed E-state index contributed by atoms with van der Waals surface area (Å²) in [5.74, 6) is 0.192. The van der Waals surface area contributed by atoms with E-state index in [1.165, 1.54) is 12.5 Å². The molecule has 1 amide bonds. The van der Waals surface area contributed by atoms with E-state index in [2.05, 4.69) is 20.7 Å². The van der Waals surface area contributed by atoms with E-state index in [1.807, 2.05) is 30.3 Å². The Hall–Kier alpha value is -3.87. The lowest BCUT2D eigenvalue weighted by Crippen LogP contribution is -2.18. The summed E-state index contributed by atoms with van der Waals surface area (Å²) in [5.41, 5.74) is 3.70. The zero-order chi connectivity index (χ0) is 17.9. The van der Waals surface area contributed by atoms with Crippen LogP contribution in [0.4, 0.5) is 0 Å². The van der Waals surface area contributed by atoms with Crippen molar-refractivity contribution in [3.05, 3.63) is 72.1 Å². The molecule has 0 bridgehead atoms. The standard InChI is InChI=1S/C19H14N4O3/c24-17-8-7-12-4-1-2-5-13(12)14(17)11-20-23-19(25)16-10-15(21-22-16)18-6-3-9-26-18/h1-11,24H,(H,21,22)(H,23,25)/b20-11+. The molecule has 2 aromatic carbocycles. The molecular weight excluding hydrogens is 332 g/mol. The van der Waals surface area contributed by atoms with E-state index in [0.717, 1.165) is 10.8 Å². The third kappa shape index (κ3) is 2.93. The number of phenols is 1. The number of carbonyl (C=O) groups is 1. The summed E-state index contributed by atoms with van der Waals surface area (Å²) in [6.45, 7) is 0. The van der Waals surface area contributed by atoms with Gasteiger partial charge in [-0.1, -0.05) is 30.3 Å². The number of nitrogens with one attached hydrogen (secondary N) is 2. The first-order chi connectivity index (χ1) is 12.7. The minimum absolute atomic E-state index is 0.0848. The zero-order valence-electron chi connectivity index (χ0n) is 13.5. The van der Waals surface area contributed by atoms with Gasteiger partial charge >= 0.3 is 0 Å². The van der Waals surface area contributed by atoms with Gasteiger partial charge in [-0.05, 0) is 29.0 Å². The van der Waals surface area contributed by atoms with E-state index < -0.39 is 5.91 Å². The average Bonchev–Trinajstić information content (AvgIpc) is 3.35. The smallest absolute Gasteiger partial charge is 0.291 e. The van der Waals surface area contributed by atoms with Gasteiger partial charge in [0.2, 0.25) is 0 Å². The number of phenolic OH excluding ortho intramolecular Hbond substituents is 1. The van der Waals surface area contributed by atoms with E-state index in [-0.39, 0.29) is 11.4 Å². The second-order valence-electron chi connectivity index (χ2n) is 5.56. The summed E-state index contributed by atoms with van der Waals surface area (Å²) >= 11 is 0. The molecule has 128 valence electrons. The fourth-order valence-electron chi connectivity index (χ4n) is 2.63. The number of H-pyrrole nitrogens is 1. The first-order valence-corrected chi connectivity index (χ1v) is 7.86. The number of hydrogen-bond acceptors (Lipinski definition) is 5. The van der Waals surface area contributed by atoms with Crippen molar-refractivity contribution in [1.29, 1.82) is 0 Å². The molecule has 4 rings (SSSR count). The minimum Gasteiger partial charge on any atom is -0.507 e. The highest BCUT2D eigenvalue weighted by Crippen LogP contribution is 2.25. The maximum Gasteiger partial charge on any atom is 0.291 e. The number of hydrazone groups is 1. The number of rotatable bonds is 4. The Balaban J connectivity index is 1.52. The Labute approximate surface area is 148 Å². The van der Waals surface area contributed by atoms with Crippen LogP contribution in [0.5, 0.6) is 5.75 Å². The van der Waals surface area contributed by atoms with Crippen LogP contribution < -0.4 is 5.43 Å². The van der Waals surface area contributed by atoms with Crippen molar-refractivity contribution < 1.29 is 14.3 Å². The van der Waals surface area contributed by atoms with Crippen molar-refractivity contribution in [3.63, 3.8) is 0 Å². The predicted octanol–water partition coefficient (Wildman–Crippen LogP) is 3.29. The fraction of sp³-hybridized carbons (Fsp3) is 0. The van der Waals surface area contributed by atoms with Gasteiger partial charge in [-0.2, -0.15) is 10.2 Å². The zero-order valence-corrected chi connectivity index (χ0v) is 13.5. The molecule has 0 fully saturated rings. The van der Waals surface area contributed by atoms with Crippen LogP contribution in [-0.2, 0) is 0 Å². The highest BCUT2D eigenvalue weighted by atomic mass is 16.3. The highest BCUT2D eigenvalue weighted by molar-refractivity contribution is 6.03. The number of amides is 1. The van der Waals surface area contributed by atoms with Gasteiger partial charge in [-0.25, -0.2) is 5.43 Å². The first-order valence-electron chi connectivity index (χ1n) is 7.86. The normalized spacial score (nSPS) is 11.2. The number of hydrogen-bond donors (Lipinski definition) is 3. The number of furan rings is 1. The van der Waals surface area contributed by atoms with Crippen LogP contribution in [0.25, 0.3) is 22.2 Å². The molecule has 0 spiro atoms. The Morgan fingerprint density at radius 1 is 1.19 bits per heavy atom. The molecule has 2 aromatic heterocycles. The third-order valence-corrected chi connectivity index (χ3v) is 3.90. The fourth-order valence-corrected chi connectivity index (χ4v) is 2.63. The lowest BCUT2D eigenvalue weighted by atomic mass is 10.0. The van der Waals surface area contributed by atoms with Gasteiger partial charge in [0, 0.05) is 11.6 Å². The van der Waals surface area contributed by atoms with Gasteiger partial charge in [0.25, 0.3) is 5.91 Å². The summed E-state index contributed by atoms with van der Waals surface area (Å²) < 4.78 is 5.25. The lowest BCUT2D eigenvalue weighted by Gasteiger charge is -2.04. The topological polar surface area (TPSA) is 104 Å². The Bertz CT molecular complexity index is 1100. The van der Waals surface area contributed by atoms with Crippen LogP contribution >= 0.6 is 0 Å². The molecule has 26 heavy (non-hydrogen) atoms. The summed E-state index contributed by atoms with van der Waals surface area (Å²) in [6, 6.07) is 16.1. The molecule has 0 aliphatic carbocycles. The number of fused-ring (bicyclic) bond motifs is 1. The molecular formula is C19H14N4O3. The minimum atomic E-state index is -0.477. The number of aromatic amines is 1. The summed E-state index contributed by atoms with van der Waals surface area (Å²) in [7, 11) is 0. The van der Waals surface area contributed by atoms with E-state index in [4.69, 9.17) is 4.42 Å². The SMILES string of the molecule is O=C(N/N=C/c1c(O)ccc2ccccc12)c1cc(-c2ccco2)[nH]n1. The number of nitrogens with zero attached hydrogens (tertiary/aromatic N) is 2. The number of benzene rings is 2. The van der Waals surface area contributed by atoms with Crippen molar-refractivity contribution in [3.8, 4) is 17.2 Å². The van der Waals surface area contributed by atoms with Crippen molar-refractivity contribution in [1.82, 2.24) is 15.6 Å². The van der Waals surface area contributed by atoms with E-state index in [1.54, 1.807) is 24.3 Å². The van der Waals surface area contributed by atoms with Gasteiger partial charge in [-0.3, -0.25) is 9.89 Å². The van der Waals surface area contributed by atoms with Crippen LogP contribution in [0.3, 0.4) is 0 Å². The number of aromatic hydroxyl groups is 1. The highest BCUT2D eigenvalue weighted by Gasteiger charge is 2.12. The Morgan fingerprint density at radius 2 is 2.08 bits per heavy atom. The molecule has 0 atom stereocenters. The molecule has 7 heteroatoms. The van der Waals surface area contributed by atoms with Crippen LogP contribution in [-0.4, -0.2) is 27.4 Å². The predicted molar refractivity (Wildman–Crippen MR) is 97.0 cm³/mol. The quantitative estimate of drug-likeness (QED) is 0.389. The van der Waals surface area contributed by atoms with E-state index >= 15 is 0 Å². The third-order valence-electron chi connectivity index (χ3n) is 3.90. The summed E-state index contributed by atoms with van der Waals surface area (Å²) in [5, 5.41) is 22.5. The van der Waals surface area contributed by atoms with Gasteiger partial charge in [0.15, 0.2) is 11.5 Å². The van der Waals surface area contributed by atoms with Crippen LogP contribution in [0.2, 0.25) is 0 Å². The van der Waals surface area contributed by atoms with Crippen LogP contribution in [0.1, 0.15) is 16.1 Å². The van der Waals surface area contributed by atoms with Gasteiger partial charge < -0.3 is 9.52 Å². The maximum absolute atomic E-state index is 12.2. The Morgan fingerprint density at radius 3 is 2.92 bits per heavy atom. The monoisotopic (exact) mass is 346 g/mol.